The van der Waals surface area contributed by atoms with E-state index in [0.717, 1.165) is 5.56 Å². The van der Waals surface area contributed by atoms with Crippen LogP contribution in [0.4, 0.5) is 0 Å². The molecule has 0 N–H and O–H groups in total. The van der Waals surface area contributed by atoms with Gasteiger partial charge in [0.1, 0.15) is 4.33 Å². The first-order valence-electron chi connectivity index (χ1n) is 3.40. The Morgan fingerprint density at radius 1 is 1.17 bits per heavy atom. The van der Waals surface area contributed by atoms with Gasteiger partial charge < -0.3 is 0 Å². The van der Waals surface area contributed by atoms with Crippen LogP contribution in [-0.4, -0.2) is 7.85 Å². The molecule has 0 saturated carbocycles. The maximum Gasteiger partial charge on any atom is 0.135 e. The highest BCUT2D eigenvalue weighted by atomic mass is 35.5. The maximum atomic E-state index is 5.90. The van der Waals surface area contributed by atoms with Gasteiger partial charge in [0, 0.05) is 5.02 Å². The minimum atomic E-state index is -1.01. The molecule has 0 aliphatic rings. The van der Waals surface area contributed by atoms with Gasteiger partial charge in [-0.15, -0.1) is 0 Å². The van der Waals surface area contributed by atoms with Gasteiger partial charge in [0.2, 0.25) is 0 Å². The maximum absolute atomic E-state index is 5.90. The van der Waals surface area contributed by atoms with Crippen LogP contribution in [0.15, 0.2) is 24.3 Å². The van der Waals surface area contributed by atoms with Gasteiger partial charge in [-0.25, -0.2) is 0 Å². The fourth-order valence-corrected chi connectivity index (χ4v) is 1.19. The summed E-state index contributed by atoms with van der Waals surface area (Å²) < 4.78 is -1.01. The molecule has 1 aromatic carbocycles. The SMILES string of the molecule is [B]CC(Cl)(Cl)c1ccc(Cl)cc1. The van der Waals surface area contributed by atoms with Gasteiger partial charge in [-0.05, 0) is 17.7 Å². The van der Waals surface area contributed by atoms with Gasteiger partial charge in [-0.1, -0.05) is 53.3 Å². The minimum Gasteiger partial charge on any atom is -0.0972 e. The summed E-state index contributed by atoms with van der Waals surface area (Å²) in [6.07, 6.45) is 0.178. The number of rotatable bonds is 2. The molecule has 0 nitrogen and oxygen atoms in total. The molecule has 0 fully saturated rings. The van der Waals surface area contributed by atoms with E-state index in [1.807, 2.05) is 0 Å². The highest BCUT2D eigenvalue weighted by Gasteiger charge is 2.22. The van der Waals surface area contributed by atoms with Gasteiger partial charge in [-0.2, -0.15) is 0 Å². The lowest BCUT2D eigenvalue weighted by Gasteiger charge is -2.17. The Morgan fingerprint density at radius 3 is 2.08 bits per heavy atom. The monoisotopic (exact) mass is 218 g/mol. The molecule has 0 aromatic heterocycles. The molecule has 0 bridgehead atoms. The first kappa shape index (κ1) is 10.2. The molecule has 0 amide bonds. The smallest absolute Gasteiger partial charge is 0.0972 e. The number of hydrogen-bond donors (Lipinski definition) is 0. The van der Waals surface area contributed by atoms with Crippen molar-refractivity contribution in [1.82, 2.24) is 0 Å². The summed E-state index contributed by atoms with van der Waals surface area (Å²) in [5.74, 6) is 0. The molecule has 0 unspecified atom stereocenters. The van der Waals surface area contributed by atoms with Gasteiger partial charge in [-0.3, -0.25) is 0 Å². The van der Waals surface area contributed by atoms with E-state index < -0.39 is 4.33 Å². The Labute approximate surface area is 88.2 Å². The molecule has 0 heterocycles. The lowest BCUT2D eigenvalue weighted by Crippen LogP contribution is -2.08. The van der Waals surface area contributed by atoms with Crippen LogP contribution in [-0.2, 0) is 4.33 Å². The molecule has 0 spiro atoms. The predicted octanol–water partition coefficient (Wildman–Crippen LogP) is 3.56. The third kappa shape index (κ3) is 2.32. The second-order valence-corrected chi connectivity index (χ2v) is 4.34. The van der Waals surface area contributed by atoms with E-state index in [1.165, 1.54) is 0 Å². The van der Waals surface area contributed by atoms with Crippen molar-refractivity contribution in [3.05, 3.63) is 34.9 Å². The van der Waals surface area contributed by atoms with Crippen LogP contribution in [0, 0.1) is 0 Å². The molecule has 4 heteroatoms. The molecule has 1 rings (SSSR count). The van der Waals surface area contributed by atoms with E-state index >= 15 is 0 Å². The molecule has 0 saturated heterocycles. The standard InChI is InChI=1S/C8H6BCl3/c9-5-8(11,12)6-1-3-7(10)4-2-6/h1-4H,5H2. The zero-order valence-corrected chi connectivity index (χ0v) is 8.50. The minimum absolute atomic E-state index is 0.178. The number of hydrogen-bond acceptors (Lipinski definition) is 0. The first-order chi connectivity index (χ1) is 5.56. The van der Waals surface area contributed by atoms with E-state index in [2.05, 4.69) is 0 Å². The lowest BCUT2D eigenvalue weighted by molar-refractivity contribution is 0.973. The summed E-state index contributed by atoms with van der Waals surface area (Å²) in [4.78, 5) is 0. The van der Waals surface area contributed by atoms with Crippen molar-refractivity contribution in [2.24, 2.45) is 0 Å². The van der Waals surface area contributed by atoms with Crippen molar-refractivity contribution in [2.75, 3.05) is 0 Å². The molecule has 12 heavy (non-hydrogen) atoms. The predicted molar refractivity (Wildman–Crippen MR) is 55.4 cm³/mol. The van der Waals surface area contributed by atoms with Crippen LogP contribution >= 0.6 is 34.8 Å². The largest absolute Gasteiger partial charge is 0.135 e. The molecule has 2 radical (unpaired) electrons. The summed E-state index contributed by atoms with van der Waals surface area (Å²) in [6.45, 7) is 0. The van der Waals surface area contributed by atoms with Crippen molar-refractivity contribution < 1.29 is 0 Å². The van der Waals surface area contributed by atoms with E-state index in [-0.39, 0.29) is 6.32 Å². The average molecular weight is 219 g/mol. The fourth-order valence-electron chi connectivity index (χ4n) is 0.812. The normalized spacial score (nSPS) is 11.6. The highest BCUT2D eigenvalue weighted by molar-refractivity contribution is 6.50. The van der Waals surface area contributed by atoms with Crippen molar-refractivity contribution in [3.63, 3.8) is 0 Å². The average Bonchev–Trinajstić information content (AvgIpc) is 2.05. The van der Waals surface area contributed by atoms with Crippen LogP contribution < -0.4 is 0 Å². The van der Waals surface area contributed by atoms with Gasteiger partial charge in [0.05, 0.1) is 7.85 Å². The summed E-state index contributed by atoms with van der Waals surface area (Å²) >= 11 is 17.5. The van der Waals surface area contributed by atoms with Crippen molar-refractivity contribution in [2.45, 2.75) is 10.7 Å². The van der Waals surface area contributed by atoms with Gasteiger partial charge in [0.15, 0.2) is 0 Å². The lowest BCUT2D eigenvalue weighted by atomic mass is 9.96. The third-order valence-corrected chi connectivity index (χ3v) is 2.52. The quantitative estimate of drug-likeness (QED) is 0.527. The van der Waals surface area contributed by atoms with Gasteiger partial charge >= 0.3 is 0 Å². The van der Waals surface area contributed by atoms with E-state index in [0.29, 0.717) is 5.02 Å². The number of benzene rings is 1. The number of halogens is 3. The molecule has 0 atom stereocenters. The summed E-state index contributed by atoms with van der Waals surface area (Å²) in [5.41, 5.74) is 0.762. The van der Waals surface area contributed by atoms with E-state index in [1.54, 1.807) is 24.3 Å². The first-order valence-corrected chi connectivity index (χ1v) is 4.53. The Morgan fingerprint density at radius 2 is 1.67 bits per heavy atom. The van der Waals surface area contributed by atoms with Gasteiger partial charge in [0.25, 0.3) is 0 Å². The molecule has 0 aliphatic carbocycles. The second-order valence-electron chi connectivity index (χ2n) is 2.42. The third-order valence-electron chi connectivity index (χ3n) is 1.52. The Kier molecular flexibility index (Phi) is 3.33. The molecule has 62 valence electrons. The van der Waals surface area contributed by atoms with Crippen LogP contribution in [0.25, 0.3) is 0 Å². The molecule has 1 aromatic rings. The van der Waals surface area contributed by atoms with E-state index in [9.17, 15) is 0 Å². The van der Waals surface area contributed by atoms with Crippen molar-refractivity contribution in [1.29, 1.82) is 0 Å². The molecular formula is C8H6BCl3. The molecular weight excluding hydrogens is 213 g/mol. The Bertz CT molecular complexity index is 256. The van der Waals surface area contributed by atoms with Crippen LogP contribution in [0.1, 0.15) is 5.56 Å². The summed E-state index contributed by atoms with van der Waals surface area (Å²) in [7, 11) is 5.38. The van der Waals surface area contributed by atoms with Crippen LogP contribution in [0.2, 0.25) is 11.3 Å². The van der Waals surface area contributed by atoms with Crippen molar-refractivity contribution in [3.8, 4) is 0 Å². The van der Waals surface area contributed by atoms with Crippen molar-refractivity contribution >= 4 is 42.6 Å². The van der Waals surface area contributed by atoms with E-state index in [4.69, 9.17) is 42.6 Å². The summed E-state index contributed by atoms with van der Waals surface area (Å²) in [5, 5.41) is 0.653. The summed E-state index contributed by atoms with van der Waals surface area (Å²) in [6, 6.07) is 6.97. The Hall–Kier alpha value is 0.155. The Balaban J connectivity index is 2.96. The zero-order valence-electron chi connectivity index (χ0n) is 6.23. The topological polar surface area (TPSA) is 0 Å². The van der Waals surface area contributed by atoms with Crippen LogP contribution in [0.5, 0.6) is 0 Å². The fraction of sp³-hybridized carbons (Fsp3) is 0.250. The van der Waals surface area contributed by atoms with Crippen LogP contribution in [0.3, 0.4) is 0 Å². The second kappa shape index (κ2) is 3.91. The number of alkyl halides is 2. The highest BCUT2D eigenvalue weighted by Crippen LogP contribution is 2.36. The molecule has 0 aliphatic heterocycles. The zero-order chi connectivity index (χ0) is 9.19.